The van der Waals surface area contributed by atoms with Crippen LogP contribution in [0.5, 0.6) is 5.88 Å². The van der Waals surface area contributed by atoms with Crippen molar-refractivity contribution in [3.8, 4) is 5.88 Å². The van der Waals surface area contributed by atoms with Crippen LogP contribution in [-0.2, 0) is 9.53 Å². The lowest BCUT2D eigenvalue weighted by Crippen LogP contribution is -2.38. The van der Waals surface area contributed by atoms with Crippen molar-refractivity contribution in [1.29, 1.82) is 0 Å². The molecule has 0 fully saturated rings. The van der Waals surface area contributed by atoms with Crippen LogP contribution in [0, 0.1) is 0 Å². The Morgan fingerprint density at radius 1 is 1.59 bits per heavy atom. The van der Waals surface area contributed by atoms with Gasteiger partial charge in [-0.15, -0.1) is 0 Å². The third-order valence-corrected chi connectivity index (χ3v) is 2.21. The van der Waals surface area contributed by atoms with Crippen molar-refractivity contribution in [2.75, 3.05) is 13.7 Å². The first-order chi connectivity index (χ1) is 8.10. The molecule has 0 aliphatic rings. The highest BCUT2D eigenvalue weighted by Crippen LogP contribution is 2.17. The third kappa shape index (κ3) is 3.40. The van der Waals surface area contributed by atoms with Crippen molar-refractivity contribution < 1.29 is 19.4 Å². The second kappa shape index (κ2) is 6.17. The maximum atomic E-state index is 11.3. The van der Waals surface area contributed by atoms with Crippen LogP contribution in [0.15, 0.2) is 18.3 Å². The molecular formula is C11H16N2O4. The molecule has 1 heterocycles. The van der Waals surface area contributed by atoms with E-state index >= 15 is 0 Å². The summed E-state index contributed by atoms with van der Waals surface area (Å²) in [5.41, 5.74) is 6.00. The van der Waals surface area contributed by atoms with Gasteiger partial charge in [0.1, 0.15) is 12.1 Å². The van der Waals surface area contributed by atoms with Crippen LogP contribution in [-0.4, -0.2) is 35.8 Å². The molecule has 2 atom stereocenters. The smallest absolute Gasteiger partial charge is 0.325 e. The molecule has 0 aliphatic carbocycles. The molecule has 6 heteroatoms. The molecule has 1 aromatic rings. The van der Waals surface area contributed by atoms with Gasteiger partial charge in [0.15, 0.2) is 0 Å². The molecule has 0 unspecified atom stereocenters. The molecular weight excluding hydrogens is 224 g/mol. The Morgan fingerprint density at radius 2 is 2.29 bits per heavy atom. The lowest BCUT2D eigenvalue weighted by Gasteiger charge is -2.17. The predicted octanol–water partition coefficient (Wildman–Crippen LogP) is 0.0140. The van der Waals surface area contributed by atoms with Gasteiger partial charge in [0.05, 0.1) is 13.7 Å². The van der Waals surface area contributed by atoms with Gasteiger partial charge in [-0.1, -0.05) is 0 Å². The van der Waals surface area contributed by atoms with Crippen molar-refractivity contribution in [3.05, 3.63) is 23.9 Å². The van der Waals surface area contributed by atoms with Crippen molar-refractivity contribution in [2.24, 2.45) is 5.73 Å². The molecule has 0 radical (unpaired) electrons. The molecule has 0 aromatic carbocycles. The van der Waals surface area contributed by atoms with Gasteiger partial charge in [0.25, 0.3) is 0 Å². The van der Waals surface area contributed by atoms with Gasteiger partial charge in [-0.3, -0.25) is 4.79 Å². The Hall–Kier alpha value is -1.66. The van der Waals surface area contributed by atoms with E-state index in [-0.39, 0.29) is 6.61 Å². The maximum Gasteiger partial charge on any atom is 0.325 e. The molecule has 0 bridgehead atoms. The number of aliphatic hydroxyl groups is 1. The summed E-state index contributed by atoms with van der Waals surface area (Å²) in [6.07, 6.45) is 0.259. The van der Waals surface area contributed by atoms with E-state index in [1.807, 2.05) is 0 Å². The fourth-order valence-corrected chi connectivity index (χ4v) is 1.26. The first kappa shape index (κ1) is 13.4. The van der Waals surface area contributed by atoms with Crippen LogP contribution in [0.25, 0.3) is 0 Å². The van der Waals surface area contributed by atoms with Crippen molar-refractivity contribution in [3.63, 3.8) is 0 Å². The Kier molecular flexibility index (Phi) is 4.86. The molecule has 94 valence electrons. The summed E-state index contributed by atoms with van der Waals surface area (Å²) in [7, 11) is 1.49. The molecule has 17 heavy (non-hydrogen) atoms. The number of rotatable bonds is 5. The number of pyridine rings is 1. The van der Waals surface area contributed by atoms with Crippen molar-refractivity contribution >= 4 is 5.97 Å². The highest BCUT2D eigenvalue weighted by molar-refractivity contribution is 5.76. The number of carbonyl (C=O) groups is 1. The molecule has 0 saturated heterocycles. The van der Waals surface area contributed by atoms with Crippen LogP contribution < -0.4 is 10.5 Å². The zero-order chi connectivity index (χ0) is 12.8. The van der Waals surface area contributed by atoms with Crippen molar-refractivity contribution in [2.45, 2.75) is 19.1 Å². The Bertz CT molecular complexity index is 366. The highest BCUT2D eigenvalue weighted by atomic mass is 16.5. The van der Waals surface area contributed by atoms with E-state index < -0.39 is 18.1 Å². The number of methoxy groups -OCH3 is 1. The number of hydrogen-bond donors (Lipinski definition) is 2. The number of nitrogens with two attached hydrogens (primary N) is 1. The van der Waals surface area contributed by atoms with Gasteiger partial charge in [-0.25, -0.2) is 4.98 Å². The standard InChI is InChI=1S/C11H16N2O4/c1-3-17-11(15)9(12)10(14)7-4-5-8(16-2)13-6-7/h4-6,9-10,14H,3,12H2,1-2H3/t9-,10+/m0/s1. The summed E-state index contributed by atoms with van der Waals surface area (Å²) >= 11 is 0. The van der Waals surface area contributed by atoms with E-state index in [4.69, 9.17) is 15.2 Å². The largest absolute Gasteiger partial charge is 0.481 e. The molecule has 3 N–H and O–H groups in total. The molecule has 1 rings (SSSR count). The second-order valence-electron chi connectivity index (χ2n) is 3.36. The quantitative estimate of drug-likeness (QED) is 0.704. The van der Waals surface area contributed by atoms with Gasteiger partial charge in [-0.05, 0) is 13.0 Å². The lowest BCUT2D eigenvalue weighted by atomic mass is 10.1. The number of esters is 1. The fourth-order valence-electron chi connectivity index (χ4n) is 1.26. The molecule has 0 spiro atoms. The summed E-state index contributed by atoms with van der Waals surface area (Å²) in [5.74, 6) is -0.221. The maximum absolute atomic E-state index is 11.3. The lowest BCUT2D eigenvalue weighted by molar-refractivity contribution is -0.147. The van der Waals surface area contributed by atoms with Gasteiger partial charge < -0.3 is 20.3 Å². The summed E-state index contributed by atoms with van der Waals surface area (Å²) < 4.78 is 9.60. The van der Waals surface area contributed by atoms with E-state index in [2.05, 4.69) is 4.98 Å². The first-order valence-electron chi connectivity index (χ1n) is 5.20. The number of aromatic nitrogens is 1. The fraction of sp³-hybridized carbons (Fsp3) is 0.455. The summed E-state index contributed by atoms with van der Waals surface area (Å²) in [6, 6.07) is 2.05. The minimum absolute atomic E-state index is 0.222. The second-order valence-corrected chi connectivity index (χ2v) is 3.36. The summed E-state index contributed by atoms with van der Waals surface area (Å²) in [4.78, 5) is 15.2. The van der Waals surface area contributed by atoms with E-state index in [1.165, 1.54) is 13.3 Å². The topological polar surface area (TPSA) is 94.7 Å². The Morgan fingerprint density at radius 3 is 2.76 bits per heavy atom. The van der Waals surface area contributed by atoms with E-state index in [1.54, 1.807) is 19.1 Å². The third-order valence-electron chi connectivity index (χ3n) is 2.21. The minimum atomic E-state index is -1.15. The summed E-state index contributed by atoms with van der Waals surface area (Å²) in [5, 5.41) is 9.84. The average Bonchev–Trinajstić information content (AvgIpc) is 2.37. The van der Waals surface area contributed by atoms with E-state index in [0.29, 0.717) is 11.4 Å². The predicted molar refractivity (Wildman–Crippen MR) is 60.4 cm³/mol. The van der Waals surface area contributed by atoms with Crippen LogP contribution in [0.4, 0.5) is 0 Å². The van der Waals surface area contributed by atoms with Gasteiger partial charge in [0, 0.05) is 17.8 Å². The molecule has 0 amide bonds. The minimum Gasteiger partial charge on any atom is -0.481 e. The first-order valence-corrected chi connectivity index (χ1v) is 5.20. The van der Waals surface area contributed by atoms with Gasteiger partial charge in [0.2, 0.25) is 5.88 Å². The average molecular weight is 240 g/mol. The van der Waals surface area contributed by atoms with Gasteiger partial charge >= 0.3 is 5.97 Å². The van der Waals surface area contributed by atoms with Crippen LogP contribution in [0.2, 0.25) is 0 Å². The zero-order valence-corrected chi connectivity index (χ0v) is 9.79. The van der Waals surface area contributed by atoms with E-state index in [0.717, 1.165) is 0 Å². The number of aliphatic hydroxyl groups excluding tert-OH is 1. The molecule has 6 nitrogen and oxygen atoms in total. The summed E-state index contributed by atoms with van der Waals surface area (Å²) in [6.45, 7) is 1.89. The molecule has 0 aliphatic heterocycles. The van der Waals surface area contributed by atoms with Crippen LogP contribution in [0.3, 0.4) is 0 Å². The number of carbonyl (C=O) groups excluding carboxylic acids is 1. The Labute approximate surface area is 99.4 Å². The number of ether oxygens (including phenoxy) is 2. The SMILES string of the molecule is CCOC(=O)[C@@H](N)[C@H](O)c1ccc(OC)nc1. The normalized spacial score (nSPS) is 13.9. The number of nitrogens with zero attached hydrogens (tertiary/aromatic N) is 1. The van der Waals surface area contributed by atoms with Crippen molar-refractivity contribution in [1.82, 2.24) is 4.98 Å². The van der Waals surface area contributed by atoms with Crippen LogP contribution >= 0.6 is 0 Å². The van der Waals surface area contributed by atoms with Crippen LogP contribution in [0.1, 0.15) is 18.6 Å². The monoisotopic (exact) mass is 240 g/mol. The highest BCUT2D eigenvalue weighted by Gasteiger charge is 2.25. The molecule has 1 aromatic heterocycles. The Balaban J connectivity index is 2.73. The zero-order valence-electron chi connectivity index (χ0n) is 9.79. The number of hydrogen-bond acceptors (Lipinski definition) is 6. The van der Waals surface area contributed by atoms with E-state index in [9.17, 15) is 9.90 Å². The van der Waals surface area contributed by atoms with Gasteiger partial charge in [-0.2, -0.15) is 0 Å². The molecule has 0 saturated carbocycles.